The molecule has 1 heterocycles. The van der Waals surface area contributed by atoms with E-state index < -0.39 is 11.7 Å². The Kier molecular flexibility index (Phi) is 4.14. The molecule has 2 aromatic rings. The van der Waals surface area contributed by atoms with Crippen LogP contribution in [0.1, 0.15) is 54.7 Å². The second kappa shape index (κ2) is 5.96. The number of nitrogens with one attached hydrogen (secondary N) is 1. The molecule has 3 rings (SSSR count). The van der Waals surface area contributed by atoms with Crippen molar-refractivity contribution in [1.29, 1.82) is 0 Å². The Labute approximate surface area is 132 Å². The standard InChI is InChI=1S/C16H18F3N3O/c1-9(15-21-10(2)23-22-15)20-14(11-6-7-11)12-4-3-5-13(8-12)16(17,18)19/h3-5,8-9,11,14,20H,6-7H2,1-2H3/t9-,14-/m0/s1. The molecule has 1 fully saturated rings. The highest BCUT2D eigenvalue weighted by molar-refractivity contribution is 5.29. The summed E-state index contributed by atoms with van der Waals surface area (Å²) in [6.07, 6.45) is -2.32. The number of halogens is 3. The Morgan fingerprint density at radius 1 is 1.30 bits per heavy atom. The van der Waals surface area contributed by atoms with Crippen molar-refractivity contribution in [2.75, 3.05) is 0 Å². The lowest BCUT2D eigenvalue weighted by Gasteiger charge is -2.23. The molecule has 1 aromatic carbocycles. The van der Waals surface area contributed by atoms with Gasteiger partial charge in [-0.3, -0.25) is 0 Å². The van der Waals surface area contributed by atoms with Crippen molar-refractivity contribution in [2.24, 2.45) is 5.92 Å². The van der Waals surface area contributed by atoms with Crippen molar-refractivity contribution in [3.63, 3.8) is 0 Å². The molecule has 1 aliphatic rings. The van der Waals surface area contributed by atoms with Gasteiger partial charge in [0.05, 0.1) is 11.6 Å². The first-order chi connectivity index (χ1) is 10.8. The molecular formula is C16H18F3N3O. The van der Waals surface area contributed by atoms with E-state index in [1.807, 2.05) is 6.92 Å². The van der Waals surface area contributed by atoms with Crippen molar-refractivity contribution >= 4 is 0 Å². The van der Waals surface area contributed by atoms with E-state index in [9.17, 15) is 13.2 Å². The SMILES string of the molecule is Cc1nc([C@H](C)N[C@H](c2cccc(C(F)(F)F)c2)C2CC2)no1. The van der Waals surface area contributed by atoms with Gasteiger partial charge in [-0.2, -0.15) is 18.2 Å². The fourth-order valence-electron chi connectivity index (χ4n) is 2.68. The summed E-state index contributed by atoms with van der Waals surface area (Å²) < 4.78 is 43.7. The molecule has 0 amide bonds. The topological polar surface area (TPSA) is 51.0 Å². The van der Waals surface area contributed by atoms with Gasteiger partial charge in [-0.15, -0.1) is 0 Å². The highest BCUT2D eigenvalue weighted by Crippen LogP contribution is 2.43. The molecule has 0 spiro atoms. The number of benzene rings is 1. The Morgan fingerprint density at radius 3 is 2.61 bits per heavy atom. The Bertz CT molecular complexity index is 679. The van der Waals surface area contributed by atoms with E-state index in [2.05, 4.69) is 15.5 Å². The predicted molar refractivity (Wildman–Crippen MR) is 77.5 cm³/mol. The molecule has 0 radical (unpaired) electrons. The Hall–Kier alpha value is -1.89. The molecule has 4 nitrogen and oxygen atoms in total. The average molecular weight is 325 g/mol. The third-order valence-electron chi connectivity index (χ3n) is 4.03. The normalized spacial score (nSPS) is 18.0. The van der Waals surface area contributed by atoms with Gasteiger partial charge in [-0.1, -0.05) is 17.3 Å². The lowest BCUT2D eigenvalue weighted by molar-refractivity contribution is -0.137. The van der Waals surface area contributed by atoms with Crippen LogP contribution in [0.25, 0.3) is 0 Å². The zero-order valence-electron chi connectivity index (χ0n) is 12.9. The number of aryl methyl sites for hydroxylation is 1. The van der Waals surface area contributed by atoms with Crippen molar-refractivity contribution in [2.45, 2.75) is 44.9 Å². The van der Waals surface area contributed by atoms with Gasteiger partial charge in [0.2, 0.25) is 5.89 Å². The summed E-state index contributed by atoms with van der Waals surface area (Å²) in [6, 6.07) is 5.17. The first-order valence-corrected chi connectivity index (χ1v) is 7.58. The average Bonchev–Trinajstić information content (AvgIpc) is 3.24. The van der Waals surface area contributed by atoms with Crippen LogP contribution in [0.15, 0.2) is 28.8 Å². The predicted octanol–water partition coefficient (Wildman–Crippen LogP) is 4.20. The van der Waals surface area contributed by atoms with Gasteiger partial charge in [0.15, 0.2) is 5.82 Å². The van der Waals surface area contributed by atoms with Gasteiger partial charge >= 0.3 is 6.18 Å². The van der Waals surface area contributed by atoms with Crippen LogP contribution in [0.4, 0.5) is 13.2 Å². The summed E-state index contributed by atoms with van der Waals surface area (Å²) in [5, 5.41) is 7.22. The lowest BCUT2D eigenvalue weighted by atomic mass is 9.99. The van der Waals surface area contributed by atoms with Gasteiger partial charge in [-0.25, -0.2) is 0 Å². The van der Waals surface area contributed by atoms with E-state index in [-0.39, 0.29) is 12.1 Å². The second-order valence-corrected chi connectivity index (χ2v) is 6.00. The fourth-order valence-corrected chi connectivity index (χ4v) is 2.68. The minimum atomic E-state index is -4.33. The van der Waals surface area contributed by atoms with Gasteiger partial charge in [-0.05, 0) is 43.4 Å². The van der Waals surface area contributed by atoms with Crippen LogP contribution >= 0.6 is 0 Å². The van der Waals surface area contributed by atoms with Gasteiger partial charge in [0, 0.05) is 13.0 Å². The van der Waals surface area contributed by atoms with E-state index in [1.54, 1.807) is 13.0 Å². The number of nitrogens with zero attached hydrogens (tertiary/aromatic N) is 2. The molecule has 1 saturated carbocycles. The maximum absolute atomic E-state index is 12.9. The monoisotopic (exact) mass is 325 g/mol. The number of hydrogen-bond acceptors (Lipinski definition) is 4. The molecule has 1 aromatic heterocycles. The number of rotatable bonds is 5. The summed E-state index contributed by atoms with van der Waals surface area (Å²) in [4.78, 5) is 4.17. The zero-order chi connectivity index (χ0) is 16.6. The van der Waals surface area contributed by atoms with Crippen molar-refractivity contribution in [3.05, 3.63) is 47.1 Å². The highest BCUT2D eigenvalue weighted by atomic mass is 19.4. The second-order valence-electron chi connectivity index (χ2n) is 6.00. The first-order valence-electron chi connectivity index (χ1n) is 7.58. The summed E-state index contributed by atoms with van der Waals surface area (Å²) in [7, 11) is 0. The summed E-state index contributed by atoms with van der Waals surface area (Å²) in [6.45, 7) is 3.58. The minimum Gasteiger partial charge on any atom is -0.340 e. The molecule has 2 atom stereocenters. The van der Waals surface area contributed by atoms with Crippen LogP contribution in [-0.2, 0) is 6.18 Å². The van der Waals surface area contributed by atoms with Gasteiger partial charge in [0.1, 0.15) is 0 Å². The minimum absolute atomic E-state index is 0.147. The summed E-state index contributed by atoms with van der Waals surface area (Å²) >= 11 is 0. The largest absolute Gasteiger partial charge is 0.416 e. The van der Waals surface area contributed by atoms with E-state index in [4.69, 9.17) is 4.52 Å². The molecular weight excluding hydrogens is 307 g/mol. The number of aromatic nitrogens is 2. The lowest BCUT2D eigenvalue weighted by Crippen LogP contribution is -2.27. The van der Waals surface area contributed by atoms with E-state index in [0.29, 0.717) is 23.2 Å². The Balaban J connectivity index is 1.82. The van der Waals surface area contributed by atoms with Crippen LogP contribution in [0, 0.1) is 12.8 Å². The zero-order valence-corrected chi connectivity index (χ0v) is 12.9. The van der Waals surface area contributed by atoms with E-state index in [1.165, 1.54) is 12.1 Å². The van der Waals surface area contributed by atoms with E-state index >= 15 is 0 Å². The number of hydrogen-bond donors (Lipinski definition) is 1. The van der Waals surface area contributed by atoms with Crippen LogP contribution in [0.2, 0.25) is 0 Å². The van der Waals surface area contributed by atoms with Crippen molar-refractivity contribution in [3.8, 4) is 0 Å². The quantitative estimate of drug-likeness (QED) is 0.895. The summed E-state index contributed by atoms with van der Waals surface area (Å²) in [5.41, 5.74) is 0.0277. The Morgan fingerprint density at radius 2 is 2.04 bits per heavy atom. The molecule has 23 heavy (non-hydrogen) atoms. The number of alkyl halides is 3. The highest BCUT2D eigenvalue weighted by Gasteiger charge is 2.36. The van der Waals surface area contributed by atoms with Gasteiger partial charge in [0.25, 0.3) is 0 Å². The molecule has 0 aliphatic heterocycles. The molecule has 1 aliphatic carbocycles. The van der Waals surface area contributed by atoms with Gasteiger partial charge < -0.3 is 9.84 Å². The maximum atomic E-state index is 12.9. The van der Waals surface area contributed by atoms with Crippen molar-refractivity contribution in [1.82, 2.24) is 15.5 Å². The molecule has 7 heteroatoms. The fraction of sp³-hybridized carbons (Fsp3) is 0.500. The van der Waals surface area contributed by atoms with Crippen molar-refractivity contribution < 1.29 is 17.7 Å². The summed E-state index contributed by atoms with van der Waals surface area (Å²) in [5.74, 6) is 1.32. The molecule has 1 N–H and O–H groups in total. The first kappa shape index (κ1) is 16.0. The third kappa shape index (κ3) is 3.72. The van der Waals surface area contributed by atoms with Crippen LogP contribution in [0.3, 0.4) is 0 Å². The molecule has 0 unspecified atom stereocenters. The third-order valence-corrected chi connectivity index (χ3v) is 4.03. The maximum Gasteiger partial charge on any atom is 0.416 e. The van der Waals surface area contributed by atoms with Crippen LogP contribution in [-0.4, -0.2) is 10.1 Å². The molecule has 0 bridgehead atoms. The van der Waals surface area contributed by atoms with Crippen LogP contribution in [0.5, 0.6) is 0 Å². The van der Waals surface area contributed by atoms with E-state index in [0.717, 1.165) is 18.9 Å². The molecule has 124 valence electrons. The smallest absolute Gasteiger partial charge is 0.340 e. The van der Waals surface area contributed by atoms with Crippen LogP contribution < -0.4 is 5.32 Å². The molecule has 0 saturated heterocycles.